The van der Waals surface area contributed by atoms with Crippen LogP contribution >= 0.6 is 23.4 Å². The number of amides is 1. The lowest BCUT2D eigenvalue weighted by Gasteiger charge is -2.38. The standard InChI is InChI=1S/C26H34ClN7O2S.C12H13N3O2.C2HF3O2/c1-31-11-9-19(10-12-31)17-33-13-15-34(16-14-33)23(35)8-7-22-24(20-3-5-21(27)6-4-20)29-26(36-22)37-25-30-28-18-32(25)2;16-9-7-8(13-1-2-13)12(17)11(15-5-6-15)10(9)14-3-4-14;3-2(4,5)1(6)7/h3-6,18-19H,7-17H2,1-2H3;7H,1-6H2;(H,6,7). The molecule has 61 heavy (non-hydrogen) atoms. The van der Waals surface area contributed by atoms with E-state index in [2.05, 4.69) is 27.0 Å². The molecular weight excluding hydrogens is 841 g/mol. The van der Waals surface area contributed by atoms with Crippen molar-refractivity contribution in [1.29, 1.82) is 0 Å². The summed E-state index contributed by atoms with van der Waals surface area (Å²) in [5.41, 5.74) is 3.53. The van der Waals surface area contributed by atoms with Gasteiger partial charge in [-0.25, -0.2) is 9.78 Å². The van der Waals surface area contributed by atoms with Crippen LogP contribution in [0.25, 0.3) is 11.3 Å². The first-order valence-electron chi connectivity index (χ1n) is 20.2. The third kappa shape index (κ3) is 11.7. The summed E-state index contributed by atoms with van der Waals surface area (Å²) < 4.78 is 39.7. The second kappa shape index (κ2) is 19.0. The van der Waals surface area contributed by atoms with Crippen LogP contribution in [0.2, 0.25) is 5.02 Å². The minimum atomic E-state index is -5.08. The highest BCUT2D eigenvalue weighted by atomic mass is 35.5. The number of hydrogen-bond acceptors (Lipinski definition) is 14. The molecule has 1 amide bonds. The molecule has 0 atom stereocenters. The number of piperazine rings is 1. The smallest absolute Gasteiger partial charge is 0.475 e. The van der Waals surface area contributed by atoms with E-state index in [1.165, 1.54) is 43.8 Å². The lowest BCUT2D eigenvalue weighted by Crippen LogP contribution is -2.50. The van der Waals surface area contributed by atoms with E-state index < -0.39 is 12.1 Å². The number of benzene rings is 1. The maximum Gasteiger partial charge on any atom is 0.490 e. The van der Waals surface area contributed by atoms with Crippen LogP contribution in [-0.4, -0.2) is 176 Å². The number of Topliss-reactive ketones (excluding diaryl/α,β-unsaturated/α-hetero) is 1. The van der Waals surface area contributed by atoms with Gasteiger partial charge in [-0.2, -0.15) is 13.2 Å². The molecule has 16 nitrogen and oxygen atoms in total. The van der Waals surface area contributed by atoms with E-state index in [-0.39, 0.29) is 17.5 Å². The summed E-state index contributed by atoms with van der Waals surface area (Å²) >= 11 is 7.41. The summed E-state index contributed by atoms with van der Waals surface area (Å²) in [5.74, 6) is -1.06. The molecule has 1 aromatic carbocycles. The number of piperidine rings is 1. The second-order valence-corrected chi connectivity index (χ2v) is 17.1. The molecular formula is C40H48ClF3N10O6S. The fourth-order valence-electron chi connectivity index (χ4n) is 7.26. The van der Waals surface area contributed by atoms with E-state index in [9.17, 15) is 27.6 Å². The van der Waals surface area contributed by atoms with Crippen LogP contribution in [0, 0.1) is 5.92 Å². The number of aliphatic carboxylic acids is 1. The molecule has 0 unspecified atom stereocenters. The Morgan fingerprint density at radius 3 is 2.05 bits per heavy atom. The Morgan fingerprint density at radius 2 is 1.49 bits per heavy atom. The lowest BCUT2D eigenvalue weighted by molar-refractivity contribution is -0.192. The topological polar surface area (TPSA) is 164 Å². The van der Waals surface area contributed by atoms with Crippen molar-refractivity contribution in [3.63, 3.8) is 0 Å². The summed E-state index contributed by atoms with van der Waals surface area (Å²) in [4.78, 5) is 64.1. The van der Waals surface area contributed by atoms with Crippen LogP contribution in [0.15, 0.2) is 68.6 Å². The van der Waals surface area contributed by atoms with E-state index in [4.69, 9.17) is 30.9 Å². The molecule has 7 heterocycles. The predicted octanol–water partition coefficient (Wildman–Crippen LogP) is 3.51. The molecule has 328 valence electrons. The molecule has 6 aliphatic rings. The van der Waals surface area contributed by atoms with Gasteiger partial charge in [-0.15, -0.1) is 10.2 Å². The van der Waals surface area contributed by atoms with E-state index in [1.807, 2.05) is 55.5 Å². The molecule has 0 radical (unpaired) electrons. The largest absolute Gasteiger partial charge is 0.490 e. The number of nitrogens with zero attached hydrogens (tertiary/aromatic N) is 10. The van der Waals surface area contributed by atoms with Crippen molar-refractivity contribution in [2.45, 2.75) is 42.2 Å². The molecule has 0 bridgehead atoms. The van der Waals surface area contributed by atoms with Gasteiger partial charge in [-0.05, 0) is 51.0 Å². The van der Waals surface area contributed by atoms with Gasteiger partial charge in [0.05, 0.1) is 5.70 Å². The van der Waals surface area contributed by atoms with Gasteiger partial charge in [-0.3, -0.25) is 19.3 Å². The summed E-state index contributed by atoms with van der Waals surface area (Å²) in [6.07, 6.45) is 1.51. The number of likely N-dealkylation sites (tertiary alicyclic amines) is 1. The molecule has 9 rings (SSSR count). The van der Waals surface area contributed by atoms with Gasteiger partial charge in [0, 0.05) is 120 Å². The van der Waals surface area contributed by atoms with Crippen molar-refractivity contribution in [2.24, 2.45) is 13.0 Å². The molecule has 2 aromatic heterocycles. The molecule has 1 aliphatic carbocycles. The number of oxazole rings is 1. The number of aryl methyl sites for hydroxylation is 2. The summed E-state index contributed by atoms with van der Waals surface area (Å²) in [6.45, 7) is 12.4. The van der Waals surface area contributed by atoms with Gasteiger partial charge >= 0.3 is 12.1 Å². The van der Waals surface area contributed by atoms with E-state index >= 15 is 0 Å². The number of ketones is 2. The Hall–Kier alpha value is -4.92. The van der Waals surface area contributed by atoms with Crippen LogP contribution < -0.4 is 0 Å². The van der Waals surface area contributed by atoms with E-state index in [0.717, 1.165) is 89.2 Å². The maximum absolute atomic E-state index is 13.1. The average molecular weight is 889 g/mol. The first kappa shape index (κ1) is 44.1. The number of carboxylic acid groups (broad SMARTS) is 1. The Kier molecular flexibility index (Phi) is 13.7. The SMILES string of the molecule is CN1CCC(CN2CCN(C(=O)CCc3oc(Sc4nncn4C)nc3-c3ccc(Cl)cc3)CC2)CC1.O=C(O)C(F)(F)F.O=C1C=C(N2CC2)C(=O)C(N2CC2)=C1N1CC1. The van der Waals surface area contributed by atoms with Crippen molar-refractivity contribution < 1.29 is 41.9 Å². The van der Waals surface area contributed by atoms with Gasteiger partial charge in [0.2, 0.25) is 17.5 Å². The quantitative estimate of drug-likeness (QED) is 0.220. The zero-order valence-corrected chi connectivity index (χ0v) is 35.5. The lowest BCUT2D eigenvalue weighted by atomic mass is 9.96. The van der Waals surface area contributed by atoms with Gasteiger partial charge in [0.15, 0.2) is 5.16 Å². The number of carbonyl (C=O) groups is 4. The Bertz CT molecular complexity index is 2150. The average Bonchev–Trinajstić information content (AvgIpc) is 4.13. The number of aromatic nitrogens is 4. The highest BCUT2D eigenvalue weighted by molar-refractivity contribution is 7.99. The summed E-state index contributed by atoms with van der Waals surface area (Å²) in [5, 5.41) is 17.0. The van der Waals surface area contributed by atoms with Gasteiger partial charge in [0.1, 0.15) is 29.2 Å². The van der Waals surface area contributed by atoms with Crippen LogP contribution in [-0.2, 0) is 32.6 Å². The van der Waals surface area contributed by atoms with Crippen LogP contribution in [0.4, 0.5) is 13.2 Å². The third-order valence-electron chi connectivity index (χ3n) is 11.0. The summed E-state index contributed by atoms with van der Waals surface area (Å²) in [6, 6.07) is 7.51. The number of alkyl halides is 3. The zero-order valence-electron chi connectivity index (χ0n) is 33.9. The highest BCUT2D eigenvalue weighted by Crippen LogP contribution is 2.35. The molecule has 21 heteroatoms. The maximum atomic E-state index is 13.1. The van der Waals surface area contributed by atoms with Crippen molar-refractivity contribution in [2.75, 3.05) is 92.1 Å². The fraction of sp³-hybridized carbons (Fsp3) is 0.525. The Morgan fingerprint density at radius 1 is 0.885 bits per heavy atom. The first-order valence-corrected chi connectivity index (χ1v) is 21.4. The fourth-order valence-corrected chi connectivity index (χ4v) is 8.10. The van der Waals surface area contributed by atoms with Crippen LogP contribution in [0.1, 0.15) is 25.0 Å². The normalized spacial score (nSPS) is 19.6. The molecule has 3 aromatic rings. The number of allylic oxidation sites excluding steroid dienone is 1. The van der Waals surface area contributed by atoms with E-state index in [1.54, 1.807) is 6.33 Å². The van der Waals surface area contributed by atoms with Crippen LogP contribution in [0.5, 0.6) is 0 Å². The Balaban J connectivity index is 0.000000190. The number of halogens is 4. The minimum Gasteiger partial charge on any atom is -0.475 e. The van der Waals surface area contributed by atoms with Crippen molar-refractivity contribution in [3.05, 3.63) is 64.5 Å². The summed E-state index contributed by atoms with van der Waals surface area (Å²) in [7, 11) is 4.08. The minimum absolute atomic E-state index is 0.00546. The van der Waals surface area contributed by atoms with Gasteiger partial charge in [0.25, 0.3) is 5.22 Å². The predicted molar refractivity (Wildman–Crippen MR) is 217 cm³/mol. The van der Waals surface area contributed by atoms with E-state index in [0.29, 0.717) is 51.1 Å². The van der Waals surface area contributed by atoms with Crippen molar-refractivity contribution >= 4 is 46.8 Å². The molecule has 5 saturated heterocycles. The highest BCUT2D eigenvalue weighted by Gasteiger charge is 2.43. The van der Waals surface area contributed by atoms with Crippen molar-refractivity contribution in [3.8, 4) is 11.3 Å². The molecule has 1 N–H and O–H groups in total. The second-order valence-electron chi connectivity index (χ2n) is 15.7. The first-order chi connectivity index (χ1) is 29.1. The molecule has 5 aliphatic heterocycles. The Labute approximate surface area is 359 Å². The van der Waals surface area contributed by atoms with Gasteiger partial charge < -0.3 is 38.6 Å². The van der Waals surface area contributed by atoms with Gasteiger partial charge in [-0.1, -0.05) is 23.7 Å². The molecule has 5 fully saturated rings. The number of carbonyl (C=O) groups excluding carboxylic acids is 3. The number of hydrogen-bond donors (Lipinski definition) is 1. The van der Waals surface area contributed by atoms with Crippen LogP contribution in [0.3, 0.4) is 0 Å². The number of carboxylic acids is 1. The molecule has 0 spiro atoms. The third-order valence-corrected chi connectivity index (χ3v) is 12.2. The zero-order chi connectivity index (χ0) is 43.4. The monoisotopic (exact) mass is 888 g/mol. The number of rotatable bonds is 11. The van der Waals surface area contributed by atoms with Crippen molar-refractivity contribution in [1.82, 2.24) is 49.1 Å². The molecule has 0 saturated carbocycles.